The number of nitrogens with one attached hydrogen (secondary N) is 3. The highest BCUT2D eigenvalue weighted by Crippen LogP contribution is 2.32. The van der Waals surface area contributed by atoms with Crippen molar-refractivity contribution < 1.29 is 18.1 Å². The highest BCUT2D eigenvalue weighted by Gasteiger charge is 2.29. The summed E-state index contributed by atoms with van der Waals surface area (Å²) < 4.78 is 27.4. The molecular weight excluding hydrogens is 446 g/mol. The molecule has 0 aromatic heterocycles. The normalized spacial score (nSPS) is 14.7. The number of likely N-dealkylation sites (N-methyl/N-ethyl adjacent to an activating group) is 1. The van der Waals surface area contributed by atoms with Gasteiger partial charge in [0.05, 0.1) is 9.82 Å². The molecule has 1 aliphatic rings. The van der Waals surface area contributed by atoms with Crippen molar-refractivity contribution in [2.24, 2.45) is 5.92 Å². The van der Waals surface area contributed by atoms with E-state index in [1.807, 2.05) is 38.1 Å². The molecule has 1 amide bonds. The maximum Gasteiger partial charge on any atom is 0.293 e. The number of anilines is 2. The number of nitro groups is 1. The average molecular weight is 476 g/mol. The van der Waals surface area contributed by atoms with Gasteiger partial charge in [0.25, 0.3) is 5.69 Å². The van der Waals surface area contributed by atoms with Crippen LogP contribution in [0.5, 0.6) is 0 Å². The summed E-state index contributed by atoms with van der Waals surface area (Å²) in [5.74, 6) is 0.136. The molecule has 3 N–H and O–H groups in total. The van der Waals surface area contributed by atoms with E-state index in [1.54, 1.807) is 12.1 Å². The van der Waals surface area contributed by atoms with Crippen LogP contribution in [0, 0.1) is 16.0 Å². The van der Waals surface area contributed by atoms with Gasteiger partial charge in [0.15, 0.2) is 0 Å². The summed E-state index contributed by atoms with van der Waals surface area (Å²) in [4.78, 5) is 24.6. The Kier molecular flexibility index (Phi) is 7.67. The average Bonchev–Trinajstić information content (AvgIpc) is 3.59. The number of hydrogen-bond acceptors (Lipinski definition) is 7. The number of rotatable bonds is 11. The Bertz CT molecular complexity index is 1110. The molecule has 0 aliphatic heterocycles. The smallest absolute Gasteiger partial charge is 0.293 e. The molecule has 2 aromatic rings. The van der Waals surface area contributed by atoms with E-state index in [1.165, 1.54) is 12.1 Å². The highest BCUT2D eigenvalue weighted by molar-refractivity contribution is 7.89. The van der Waals surface area contributed by atoms with Crippen LogP contribution in [0.25, 0.3) is 0 Å². The second-order valence-corrected chi connectivity index (χ2v) is 10.2. The predicted molar refractivity (Wildman–Crippen MR) is 127 cm³/mol. The number of sulfonamides is 1. The van der Waals surface area contributed by atoms with Crippen LogP contribution in [0.15, 0.2) is 47.4 Å². The second-order valence-electron chi connectivity index (χ2n) is 8.39. The van der Waals surface area contributed by atoms with E-state index in [9.17, 15) is 23.3 Å². The highest BCUT2D eigenvalue weighted by atomic mass is 32.2. The molecule has 1 atom stereocenters. The fourth-order valence-electron chi connectivity index (χ4n) is 3.20. The van der Waals surface area contributed by atoms with Gasteiger partial charge >= 0.3 is 0 Å². The minimum absolute atomic E-state index is 0.0239. The van der Waals surface area contributed by atoms with Gasteiger partial charge in [-0.25, -0.2) is 13.1 Å². The van der Waals surface area contributed by atoms with E-state index in [0.29, 0.717) is 12.2 Å². The Morgan fingerprint density at radius 2 is 1.85 bits per heavy atom. The Balaban J connectivity index is 1.71. The lowest BCUT2D eigenvalue weighted by Crippen LogP contribution is -2.31. The topological polar surface area (TPSA) is 134 Å². The standard InChI is InChI=1S/C22H29N5O5S/c1-15(16-6-8-18(9-7-16)25-22(28)17-4-5-17)24-20-11-10-19(14-21(20)27(29)30)33(31,32)23-12-13-26(2)3/h6-11,14-15,17,23-24H,4-5,12-13H2,1-3H3,(H,25,28). The van der Waals surface area contributed by atoms with Crippen molar-refractivity contribution in [3.63, 3.8) is 0 Å². The molecule has 2 aromatic carbocycles. The molecular formula is C22H29N5O5S. The van der Waals surface area contributed by atoms with Crippen LogP contribution >= 0.6 is 0 Å². The zero-order valence-corrected chi connectivity index (χ0v) is 19.7. The molecule has 0 heterocycles. The molecule has 0 saturated heterocycles. The van der Waals surface area contributed by atoms with Crippen LogP contribution in [0.1, 0.15) is 31.4 Å². The second kappa shape index (κ2) is 10.3. The van der Waals surface area contributed by atoms with Crippen molar-refractivity contribution >= 4 is 33.0 Å². The van der Waals surface area contributed by atoms with Gasteiger partial charge in [0, 0.05) is 36.8 Å². The molecule has 1 unspecified atom stereocenters. The van der Waals surface area contributed by atoms with E-state index in [2.05, 4.69) is 15.4 Å². The van der Waals surface area contributed by atoms with Crippen LogP contribution in [0.4, 0.5) is 17.1 Å². The molecule has 1 saturated carbocycles. The van der Waals surface area contributed by atoms with Crippen molar-refractivity contribution in [2.75, 3.05) is 37.8 Å². The Morgan fingerprint density at radius 1 is 1.18 bits per heavy atom. The summed E-state index contributed by atoms with van der Waals surface area (Å²) in [5.41, 5.74) is 1.44. The molecule has 3 rings (SSSR count). The van der Waals surface area contributed by atoms with Crippen molar-refractivity contribution in [3.8, 4) is 0 Å². The molecule has 10 nitrogen and oxygen atoms in total. The predicted octanol–water partition coefficient (Wildman–Crippen LogP) is 2.96. The van der Waals surface area contributed by atoms with E-state index in [-0.39, 0.29) is 40.7 Å². The number of hydrogen-bond donors (Lipinski definition) is 3. The molecule has 178 valence electrons. The number of carbonyl (C=O) groups is 1. The Hall–Kier alpha value is -3.02. The third-order valence-electron chi connectivity index (χ3n) is 5.33. The minimum Gasteiger partial charge on any atom is -0.373 e. The number of nitro benzene ring substituents is 1. The summed E-state index contributed by atoms with van der Waals surface area (Å²) in [6.45, 7) is 2.54. The van der Waals surface area contributed by atoms with Crippen LogP contribution in [0.3, 0.4) is 0 Å². The van der Waals surface area contributed by atoms with Crippen molar-refractivity contribution in [2.45, 2.75) is 30.7 Å². The SMILES string of the molecule is CC(Nc1ccc(S(=O)(=O)NCCN(C)C)cc1[N+](=O)[O-])c1ccc(NC(=O)C2CC2)cc1. The fourth-order valence-corrected chi connectivity index (χ4v) is 4.24. The zero-order chi connectivity index (χ0) is 24.2. The Labute approximate surface area is 193 Å². The van der Waals surface area contributed by atoms with E-state index < -0.39 is 14.9 Å². The molecule has 0 radical (unpaired) electrons. The molecule has 0 spiro atoms. The first-order chi connectivity index (χ1) is 15.6. The molecule has 0 bridgehead atoms. The van der Waals surface area contributed by atoms with Crippen molar-refractivity contribution in [3.05, 3.63) is 58.1 Å². The maximum absolute atomic E-state index is 12.5. The van der Waals surface area contributed by atoms with Crippen molar-refractivity contribution in [1.29, 1.82) is 0 Å². The van der Waals surface area contributed by atoms with Gasteiger partial charge in [-0.15, -0.1) is 0 Å². The first-order valence-electron chi connectivity index (χ1n) is 10.7. The first kappa shape index (κ1) is 24.6. The summed E-state index contributed by atoms with van der Waals surface area (Å²) >= 11 is 0. The molecule has 1 fully saturated rings. The van der Waals surface area contributed by atoms with Crippen LogP contribution in [-0.2, 0) is 14.8 Å². The summed E-state index contributed by atoms with van der Waals surface area (Å²) in [5, 5.41) is 17.6. The lowest BCUT2D eigenvalue weighted by atomic mass is 10.1. The van der Waals surface area contributed by atoms with Gasteiger partial charge in [-0.05, 0) is 63.7 Å². The van der Waals surface area contributed by atoms with E-state index in [0.717, 1.165) is 24.5 Å². The van der Waals surface area contributed by atoms with Crippen LogP contribution in [-0.4, -0.2) is 51.3 Å². The van der Waals surface area contributed by atoms with Crippen molar-refractivity contribution in [1.82, 2.24) is 9.62 Å². The van der Waals surface area contributed by atoms with Gasteiger partial charge in [-0.2, -0.15) is 0 Å². The quantitative estimate of drug-likeness (QED) is 0.336. The number of carbonyl (C=O) groups excluding carboxylic acids is 1. The summed E-state index contributed by atoms with van der Waals surface area (Å²) in [6, 6.07) is 10.8. The number of benzene rings is 2. The lowest BCUT2D eigenvalue weighted by molar-refractivity contribution is -0.384. The third kappa shape index (κ3) is 6.73. The summed E-state index contributed by atoms with van der Waals surface area (Å²) in [6.07, 6.45) is 1.85. The van der Waals surface area contributed by atoms with E-state index >= 15 is 0 Å². The lowest BCUT2D eigenvalue weighted by Gasteiger charge is -2.17. The van der Waals surface area contributed by atoms with Gasteiger partial charge in [0.2, 0.25) is 15.9 Å². The van der Waals surface area contributed by atoms with E-state index in [4.69, 9.17) is 0 Å². The monoisotopic (exact) mass is 475 g/mol. The van der Waals surface area contributed by atoms with Gasteiger partial charge < -0.3 is 15.5 Å². The van der Waals surface area contributed by atoms with Gasteiger partial charge in [-0.3, -0.25) is 14.9 Å². The maximum atomic E-state index is 12.5. The minimum atomic E-state index is -3.87. The van der Waals surface area contributed by atoms with Gasteiger partial charge in [-0.1, -0.05) is 12.1 Å². The molecule has 33 heavy (non-hydrogen) atoms. The van der Waals surface area contributed by atoms with Gasteiger partial charge in [0.1, 0.15) is 5.69 Å². The summed E-state index contributed by atoms with van der Waals surface area (Å²) in [7, 11) is -0.233. The Morgan fingerprint density at radius 3 is 2.42 bits per heavy atom. The number of amides is 1. The largest absolute Gasteiger partial charge is 0.373 e. The zero-order valence-electron chi connectivity index (χ0n) is 18.9. The third-order valence-corrected chi connectivity index (χ3v) is 6.78. The van der Waals surface area contributed by atoms with Crippen LogP contribution < -0.4 is 15.4 Å². The molecule has 11 heteroatoms. The fraction of sp³-hybridized carbons (Fsp3) is 0.409. The first-order valence-corrected chi connectivity index (χ1v) is 12.2. The van der Waals surface area contributed by atoms with Crippen LogP contribution in [0.2, 0.25) is 0 Å². The number of nitrogens with zero attached hydrogens (tertiary/aromatic N) is 2. The molecule has 1 aliphatic carbocycles.